The summed E-state index contributed by atoms with van der Waals surface area (Å²) in [6, 6.07) is 0. The normalized spacial score (nSPS) is 59.4. The lowest BCUT2D eigenvalue weighted by Gasteiger charge is -2.39. The number of aliphatic carboxylic acids is 1. The van der Waals surface area contributed by atoms with Gasteiger partial charge in [-0.25, -0.2) is 0 Å². The van der Waals surface area contributed by atoms with Gasteiger partial charge in [0.1, 0.15) is 5.54 Å². The summed E-state index contributed by atoms with van der Waals surface area (Å²) in [7, 11) is 0. The highest BCUT2D eigenvalue weighted by atomic mass is 16.4. The Morgan fingerprint density at radius 3 is 2.64 bits per heavy atom. The molecule has 4 atom stereocenters. The summed E-state index contributed by atoms with van der Waals surface area (Å²) in [6.07, 6.45) is 3.15. The van der Waals surface area contributed by atoms with E-state index in [0.717, 1.165) is 19.4 Å². The zero-order valence-electron chi connectivity index (χ0n) is 8.76. The van der Waals surface area contributed by atoms with Gasteiger partial charge in [-0.2, -0.15) is 0 Å². The number of carboxylic acid groups (broad SMARTS) is 1. The van der Waals surface area contributed by atoms with Crippen LogP contribution in [0.15, 0.2) is 0 Å². The van der Waals surface area contributed by atoms with Gasteiger partial charge in [0.25, 0.3) is 0 Å². The third kappa shape index (κ3) is 0.553. The number of rotatable bonds is 1. The minimum absolute atomic E-state index is 0.0174. The number of hydrogen-bond acceptors (Lipinski definition) is 2. The molecule has 2 aliphatic carbocycles. The van der Waals surface area contributed by atoms with Gasteiger partial charge in [0, 0.05) is 12.0 Å². The topological polar surface area (TPSA) is 49.3 Å². The Bertz CT molecular complexity index is 329. The van der Waals surface area contributed by atoms with Gasteiger partial charge in [-0.15, -0.1) is 0 Å². The van der Waals surface area contributed by atoms with Crippen molar-refractivity contribution >= 4 is 5.97 Å². The molecule has 0 aromatic rings. The fourth-order valence-electron chi connectivity index (χ4n) is 4.48. The zero-order valence-corrected chi connectivity index (χ0v) is 8.76. The summed E-state index contributed by atoms with van der Waals surface area (Å²) in [5.41, 5.74) is -0.396. The van der Waals surface area contributed by atoms with Gasteiger partial charge in [0.2, 0.25) is 0 Å². The quantitative estimate of drug-likeness (QED) is 0.662. The summed E-state index contributed by atoms with van der Waals surface area (Å²) >= 11 is 0. The van der Waals surface area contributed by atoms with E-state index in [1.807, 2.05) is 0 Å². The standard InChI is InChI=1S/C11H17NO2/c1-9-6-12-11(8(13)14)5-7(9)3-4-10(9,11)2/h7,12H,3-6H2,1-2H3,(H,13,14)/t7-,9-,10-,11+/m0/s1. The van der Waals surface area contributed by atoms with Crippen LogP contribution < -0.4 is 5.32 Å². The number of piperidine rings is 1. The predicted molar refractivity (Wildman–Crippen MR) is 51.9 cm³/mol. The van der Waals surface area contributed by atoms with Crippen LogP contribution in [0.1, 0.15) is 33.1 Å². The fourth-order valence-corrected chi connectivity index (χ4v) is 4.48. The average Bonchev–Trinajstić information content (AvgIpc) is 2.58. The molecular formula is C11H17NO2. The Morgan fingerprint density at radius 2 is 2.21 bits per heavy atom. The van der Waals surface area contributed by atoms with E-state index in [-0.39, 0.29) is 10.8 Å². The van der Waals surface area contributed by atoms with Crippen molar-refractivity contribution in [3.05, 3.63) is 0 Å². The highest BCUT2D eigenvalue weighted by Gasteiger charge is 2.77. The Morgan fingerprint density at radius 1 is 1.50 bits per heavy atom. The molecule has 0 spiro atoms. The van der Waals surface area contributed by atoms with Crippen molar-refractivity contribution in [1.82, 2.24) is 5.32 Å². The second-order valence-corrected chi connectivity index (χ2v) is 5.75. The minimum atomic E-state index is -0.633. The number of hydrogen-bond donors (Lipinski definition) is 2. The van der Waals surface area contributed by atoms with Crippen molar-refractivity contribution in [3.8, 4) is 0 Å². The van der Waals surface area contributed by atoms with Crippen molar-refractivity contribution in [2.24, 2.45) is 16.7 Å². The molecule has 2 N–H and O–H groups in total. The number of carboxylic acids is 1. The second-order valence-electron chi connectivity index (χ2n) is 5.75. The molecule has 2 saturated carbocycles. The lowest BCUT2D eigenvalue weighted by Crippen LogP contribution is -2.57. The molecule has 3 fully saturated rings. The first-order chi connectivity index (χ1) is 6.46. The van der Waals surface area contributed by atoms with Gasteiger partial charge in [-0.05, 0) is 30.6 Å². The molecule has 0 unspecified atom stereocenters. The molecule has 0 amide bonds. The SMILES string of the molecule is C[C@@]12CC[C@H]3C[C@]1(C(=O)O)NC[C@@]32C. The van der Waals surface area contributed by atoms with Gasteiger partial charge in [0.15, 0.2) is 0 Å². The lowest BCUT2D eigenvalue weighted by molar-refractivity contribution is -0.149. The summed E-state index contributed by atoms with van der Waals surface area (Å²) in [5, 5.41) is 12.7. The molecule has 78 valence electrons. The zero-order chi connectivity index (χ0) is 10.2. The largest absolute Gasteiger partial charge is 0.480 e. The second kappa shape index (κ2) is 2.01. The van der Waals surface area contributed by atoms with E-state index in [9.17, 15) is 9.90 Å². The van der Waals surface area contributed by atoms with Crippen LogP contribution in [0.4, 0.5) is 0 Å². The Kier molecular flexibility index (Phi) is 1.25. The van der Waals surface area contributed by atoms with E-state index >= 15 is 0 Å². The maximum Gasteiger partial charge on any atom is 0.324 e. The number of carbonyl (C=O) groups is 1. The van der Waals surface area contributed by atoms with Crippen LogP contribution in [0, 0.1) is 16.7 Å². The van der Waals surface area contributed by atoms with Crippen LogP contribution in [-0.4, -0.2) is 23.2 Å². The first-order valence-corrected chi connectivity index (χ1v) is 5.45. The Balaban J connectivity index is 2.18. The molecule has 14 heavy (non-hydrogen) atoms. The maximum atomic E-state index is 11.5. The average molecular weight is 195 g/mol. The molecule has 0 radical (unpaired) electrons. The van der Waals surface area contributed by atoms with Gasteiger partial charge >= 0.3 is 5.97 Å². The van der Waals surface area contributed by atoms with Gasteiger partial charge < -0.3 is 10.4 Å². The first-order valence-electron chi connectivity index (χ1n) is 5.45. The third-order valence-electron chi connectivity index (χ3n) is 5.77. The highest BCUT2D eigenvalue weighted by molar-refractivity contribution is 5.82. The van der Waals surface area contributed by atoms with Crippen LogP contribution in [0.2, 0.25) is 0 Å². The van der Waals surface area contributed by atoms with E-state index in [1.165, 1.54) is 6.42 Å². The summed E-state index contributed by atoms with van der Waals surface area (Å²) in [6.45, 7) is 5.34. The van der Waals surface area contributed by atoms with Crippen molar-refractivity contribution in [2.45, 2.75) is 38.6 Å². The van der Waals surface area contributed by atoms with Gasteiger partial charge in [0.05, 0.1) is 0 Å². The Labute approximate surface area is 83.9 Å². The van der Waals surface area contributed by atoms with Crippen molar-refractivity contribution < 1.29 is 9.90 Å². The monoisotopic (exact) mass is 195 g/mol. The van der Waals surface area contributed by atoms with E-state index in [2.05, 4.69) is 19.2 Å². The number of nitrogens with one attached hydrogen (secondary N) is 1. The molecule has 3 rings (SSSR count). The molecule has 0 aromatic carbocycles. The molecule has 4 bridgehead atoms. The molecule has 3 heteroatoms. The molecule has 3 aliphatic rings. The molecule has 0 aromatic heterocycles. The molecule has 3 nitrogen and oxygen atoms in total. The molecular weight excluding hydrogens is 178 g/mol. The van der Waals surface area contributed by atoms with Crippen LogP contribution >= 0.6 is 0 Å². The van der Waals surface area contributed by atoms with Crippen molar-refractivity contribution in [1.29, 1.82) is 0 Å². The van der Waals surface area contributed by atoms with E-state index in [4.69, 9.17) is 0 Å². The Hall–Kier alpha value is -0.570. The van der Waals surface area contributed by atoms with E-state index in [1.54, 1.807) is 0 Å². The summed E-state index contributed by atoms with van der Waals surface area (Å²) in [4.78, 5) is 11.5. The predicted octanol–water partition coefficient (Wildman–Crippen LogP) is 1.24. The summed E-state index contributed by atoms with van der Waals surface area (Å²) in [5.74, 6) is -0.00391. The maximum absolute atomic E-state index is 11.5. The molecule has 1 heterocycles. The minimum Gasteiger partial charge on any atom is -0.480 e. The van der Waals surface area contributed by atoms with Gasteiger partial charge in [-0.3, -0.25) is 4.79 Å². The van der Waals surface area contributed by atoms with E-state index < -0.39 is 11.5 Å². The van der Waals surface area contributed by atoms with Crippen molar-refractivity contribution in [2.75, 3.05) is 6.54 Å². The third-order valence-corrected chi connectivity index (χ3v) is 5.77. The smallest absolute Gasteiger partial charge is 0.324 e. The molecule has 1 aliphatic heterocycles. The highest BCUT2D eigenvalue weighted by Crippen LogP contribution is 2.72. The fraction of sp³-hybridized carbons (Fsp3) is 0.909. The van der Waals surface area contributed by atoms with Crippen LogP contribution in [-0.2, 0) is 4.79 Å². The van der Waals surface area contributed by atoms with Gasteiger partial charge in [-0.1, -0.05) is 13.8 Å². The van der Waals surface area contributed by atoms with Crippen LogP contribution in [0.25, 0.3) is 0 Å². The molecule has 1 saturated heterocycles. The van der Waals surface area contributed by atoms with E-state index in [0.29, 0.717) is 5.92 Å². The van der Waals surface area contributed by atoms with Crippen LogP contribution in [0.3, 0.4) is 0 Å². The summed E-state index contributed by atoms with van der Waals surface area (Å²) < 4.78 is 0. The van der Waals surface area contributed by atoms with Crippen molar-refractivity contribution in [3.63, 3.8) is 0 Å². The first kappa shape index (κ1) is 8.72. The lowest BCUT2D eigenvalue weighted by atomic mass is 9.66. The van der Waals surface area contributed by atoms with Crippen LogP contribution in [0.5, 0.6) is 0 Å².